The van der Waals surface area contributed by atoms with Gasteiger partial charge in [0.05, 0.1) is 6.10 Å². The number of nitrogens with one attached hydrogen (secondary N) is 2. The number of rotatable bonds is 42. The van der Waals surface area contributed by atoms with Crippen LogP contribution in [0.4, 0.5) is 0 Å². The third-order valence-electron chi connectivity index (χ3n) is 12.3. The molecule has 0 spiro atoms. The van der Waals surface area contributed by atoms with Crippen LogP contribution in [0, 0.1) is 0 Å². The molecule has 0 aromatic carbocycles. The third kappa shape index (κ3) is 31.0. The lowest BCUT2D eigenvalue weighted by Crippen LogP contribution is -2.63. The van der Waals surface area contributed by atoms with Gasteiger partial charge in [-0.25, -0.2) is 0 Å². The average molecular weight is 869 g/mol. The highest BCUT2D eigenvalue weighted by Crippen LogP contribution is 2.25. The maximum Gasteiger partial charge on any atom is 0.222 e. The molecule has 0 aromatic heterocycles. The summed E-state index contributed by atoms with van der Waals surface area (Å²) in [6.07, 6.45) is 32.2. The highest BCUT2D eigenvalue weighted by atomic mass is 16.7. The smallest absolute Gasteiger partial charge is 0.222 e. The van der Waals surface area contributed by atoms with E-state index in [0.29, 0.717) is 19.3 Å². The molecule has 360 valence electrons. The Balaban J connectivity index is 2.42. The summed E-state index contributed by atoms with van der Waals surface area (Å²) in [7, 11) is 0. The van der Waals surface area contributed by atoms with Crippen molar-refractivity contribution in [2.24, 2.45) is 0 Å². The Labute approximate surface area is 373 Å². The van der Waals surface area contributed by atoms with E-state index in [1.807, 2.05) is 0 Å². The molecule has 1 saturated heterocycles. The van der Waals surface area contributed by atoms with Crippen LogP contribution in [0.2, 0.25) is 0 Å². The van der Waals surface area contributed by atoms with Crippen LogP contribution < -0.4 is 10.6 Å². The summed E-state index contributed by atoms with van der Waals surface area (Å²) in [5.41, 5.74) is 0. The SMILES string of the molecule is CCCCCCCC/C=C/CCCCCCCCCCCCCC(=O)N[C@@H](OC1OC(CNC(C)=O)C(O)C(O)C1O)C(O)[C@H](O)CCCCCCCCCCCCCCC. The fourth-order valence-electron chi connectivity index (χ4n) is 8.18. The molecule has 0 saturated carbocycles. The number of allylic oxidation sites excluding steroid dienone is 2. The fraction of sp³-hybridized carbons (Fsp3) is 0.920. The predicted octanol–water partition coefficient (Wildman–Crippen LogP) is 9.97. The number of hydrogen-bond donors (Lipinski definition) is 7. The van der Waals surface area contributed by atoms with E-state index in [2.05, 4.69) is 36.6 Å². The zero-order valence-electron chi connectivity index (χ0n) is 39.4. The molecule has 1 aliphatic rings. The minimum absolute atomic E-state index is 0.154. The van der Waals surface area contributed by atoms with Gasteiger partial charge in [0.15, 0.2) is 12.5 Å². The molecule has 61 heavy (non-hydrogen) atoms. The number of amides is 2. The second-order valence-electron chi connectivity index (χ2n) is 18.1. The number of unbranched alkanes of at least 4 members (excludes halogenated alkanes) is 29. The van der Waals surface area contributed by atoms with Crippen molar-refractivity contribution in [3.05, 3.63) is 12.2 Å². The van der Waals surface area contributed by atoms with Crippen molar-refractivity contribution in [3.63, 3.8) is 0 Å². The molecule has 8 atom stereocenters. The molecular weight excluding hydrogens is 773 g/mol. The van der Waals surface area contributed by atoms with Crippen molar-refractivity contribution in [1.82, 2.24) is 10.6 Å². The normalized spacial score (nSPS) is 20.8. The van der Waals surface area contributed by atoms with E-state index in [-0.39, 0.29) is 24.8 Å². The van der Waals surface area contributed by atoms with E-state index in [9.17, 15) is 35.1 Å². The first kappa shape index (κ1) is 57.4. The van der Waals surface area contributed by atoms with Crippen molar-refractivity contribution in [2.75, 3.05) is 6.54 Å². The largest absolute Gasteiger partial charge is 0.390 e. The second-order valence-corrected chi connectivity index (χ2v) is 18.1. The van der Waals surface area contributed by atoms with Gasteiger partial charge in [-0.15, -0.1) is 0 Å². The number of carbonyl (C=O) groups excluding carboxylic acids is 2. The highest BCUT2D eigenvalue weighted by molar-refractivity contribution is 5.76. The molecule has 11 nitrogen and oxygen atoms in total. The molecule has 6 unspecified atom stereocenters. The first-order valence-electron chi connectivity index (χ1n) is 25.5. The van der Waals surface area contributed by atoms with Crippen molar-refractivity contribution >= 4 is 11.8 Å². The molecule has 1 fully saturated rings. The lowest BCUT2D eigenvalue weighted by atomic mass is 9.98. The molecule has 7 N–H and O–H groups in total. The van der Waals surface area contributed by atoms with Gasteiger partial charge in [-0.1, -0.05) is 199 Å². The number of aliphatic hydroxyl groups excluding tert-OH is 5. The lowest BCUT2D eigenvalue weighted by molar-refractivity contribution is -0.316. The Kier molecular flexibility index (Phi) is 37.6. The maximum absolute atomic E-state index is 13.1. The quantitative estimate of drug-likeness (QED) is 0.0179. The Morgan fingerprint density at radius 3 is 1.43 bits per heavy atom. The number of carbonyl (C=O) groups is 2. The van der Waals surface area contributed by atoms with Gasteiger partial charge in [-0.05, 0) is 38.5 Å². The van der Waals surface area contributed by atoms with Crippen LogP contribution in [0.3, 0.4) is 0 Å². The Hall–Kier alpha value is -1.60. The summed E-state index contributed by atoms with van der Waals surface area (Å²) in [4.78, 5) is 24.6. The van der Waals surface area contributed by atoms with E-state index in [4.69, 9.17) is 9.47 Å². The van der Waals surface area contributed by atoms with E-state index < -0.39 is 49.1 Å². The molecule has 11 heteroatoms. The zero-order valence-corrected chi connectivity index (χ0v) is 39.4. The Morgan fingerprint density at radius 1 is 0.574 bits per heavy atom. The van der Waals surface area contributed by atoms with Gasteiger partial charge in [-0.2, -0.15) is 0 Å². The van der Waals surface area contributed by atoms with Crippen LogP contribution >= 0.6 is 0 Å². The molecule has 0 bridgehead atoms. The van der Waals surface area contributed by atoms with Gasteiger partial charge in [-0.3, -0.25) is 9.59 Å². The van der Waals surface area contributed by atoms with Gasteiger partial charge >= 0.3 is 0 Å². The van der Waals surface area contributed by atoms with E-state index in [0.717, 1.165) is 38.5 Å². The summed E-state index contributed by atoms with van der Waals surface area (Å²) < 4.78 is 11.6. The topological polar surface area (TPSA) is 178 Å². The van der Waals surface area contributed by atoms with Crippen molar-refractivity contribution in [1.29, 1.82) is 0 Å². The molecule has 0 radical (unpaired) electrons. The van der Waals surface area contributed by atoms with Gasteiger partial charge in [0.1, 0.15) is 30.5 Å². The summed E-state index contributed by atoms with van der Waals surface area (Å²) in [6.45, 7) is 5.65. The monoisotopic (exact) mass is 869 g/mol. The average Bonchev–Trinajstić information content (AvgIpc) is 3.24. The molecular formula is C50H96N2O9. The number of hydrogen-bond acceptors (Lipinski definition) is 9. The Bertz CT molecular complexity index is 1050. The molecule has 0 aliphatic carbocycles. The summed E-state index contributed by atoms with van der Waals surface area (Å²) in [5, 5.41) is 59.2. The van der Waals surface area contributed by atoms with Crippen molar-refractivity contribution < 1.29 is 44.6 Å². The molecule has 2 amide bonds. The summed E-state index contributed by atoms with van der Waals surface area (Å²) >= 11 is 0. The predicted molar refractivity (Wildman–Crippen MR) is 248 cm³/mol. The van der Waals surface area contributed by atoms with Crippen LogP contribution in [0.15, 0.2) is 12.2 Å². The van der Waals surface area contributed by atoms with E-state index in [1.54, 1.807) is 0 Å². The van der Waals surface area contributed by atoms with Gasteiger partial charge in [0.25, 0.3) is 0 Å². The van der Waals surface area contributed by atoms with Gasteiger partial charge < -0.3 is 45.6 Å². The first-order chi connectivity index (χ1) is 29.6. The Morgan fingerprint density at radius 2 is 0.984 bits per heavy atom. The molecule has 1 heterocycles. The molecule has 1 rings (SSSR count). The van der Waals surface area contributed by atoms with Gasteiger partial charge in [0, 0.05) is 19.9 Å². The zero-order chi connectivity index (χ0) is 44.8. The van der Waals surface area contributed by atoms with Crippen LogP contribution in [-0.2, 0) is 19.1 Å². The van der Waals surface area contributed by atoms with Crippen LogP contribution in [-0.4, -0.2) is 93.0 Å². The maximum atomic E-state index is 13.1. The van der Waals surface area contributed by atoms with E-state index in [1.165, 1.54) is 161 Å². The van der Waals surface area contributed by atoms with E-state index >= 15 is 0 Å². The summed E-state index contributed by atoms with van der Waals surface area (Å²) in [5.74, 6) is -0.740. The molecule has 1 aliphatic heterocycles. The lowest BCUT2D eigenvalue weighted by Gasteiger charge is -2.42. The van der Waals surface area contributed by atoms with Crippen LogP contribution in [0.25, 0.3) is 0 Å². The summed E-state index contributed by atoms with van der Waals surface area (Å²) in [6, 6.07) is 0. The van der Waals surface area contributed by atoms with Crippen LogP contribution in [0.5, 0.6) is 0 Å². The minimum atomic E-state index is -1.71. The molecule has 0 aromatic rings. The van der Waals surface area contributed by atoms with Crippen molar-refractivity contribution in [2.45, 2.75) is 288 Å². The van der Waals surface area contributed by atoms with Crippen molar-refractivity contribution in [3.8, 4) is 0 Å². The second kappa shape index (κ2) is 40.0. The first-order valence-corrected chi connectivity index (χ1v) is 25.5. The third-order valence-corrected chi connectivity index (χ3v) is 12.3. The van der Waals surface area contributed by atoms with Crippen LogP contribution in [0.1, 0.15) is 239 Å². The highest BCUT2D eigenvalue weighted by Gasteiger charge is 2.46. The van der Waals surface area contributed by atoms with Gasteiger partial charge in [0.2, 0.25) is 11.8 Å². The standard InChI is InChI=1S/C50H96N2O9/c1-4-6-8-10-12-14-16-18-19-20-21-22-23-24-25-27-29-31-33-35-37-39-44(55)52-49(61-50-48(59)47(58)46(57)43(60-50)40-51-41(3)53)45(56)42(54)38-36-34-32-30-28-26-17-15-13-11-9-7-5-2/h18-19,42-43,45-50,54,56-59H,4-17,20-40H2,1-3H3,(H,51,53)(H,52,55)/b19-18+/t42-,43?,45?,46?,47?,48?,49+,50?/m1/s1. The number of ether oxygens (including phenoxy) is 2. The number of aliphatic hydroxyl groups is 5. The fourth-order valence-corrected chi connectivity index (χ4v) is 8.18. The minimum Gasteiger partial charge on any atom is -0.390 e.